The molecule has 0 N–H and O–H groups in total. The molecule has 7 nitrogen and oxygen atoms in total. The average Bonchev–Trinajstić information content (AvgIpc) is 3.09. The Morgan fingerprint density at radius 1 is 1.16 bits per heavy atom. The predicted octanol–water partition coefficient (Wildman–Crippen LogP) is 4.38. The van der Waals surface area contributed by atoms with Crippen LogP contribution in [0, 0.1) is 5.92 Å². The molecule has 0 aromatic heterocycles. The predicted molar refractivity (Wildman–Crippen MR) is 146 cm³/mol. The van der Waals surface area contributed by atoms with Gasteiger partial charge in [0, 0.05) is 58.4 Å². The third-order valence-corrected chi connectivity index (χ3v) is 7.59. The number of carbonyl (C=O) groups is 1. The van der Waals surface area contributed by atoms with Crippen LogP contribution < -0.4 is 14.4 Å². The van der Waals surface area contributed by atoms with E-state index in [-0.39, 0.29) is 5.91 Å². The molecule has 3 aliphatic heterocycles. The number of ether oxygens (including phenoxy) is 3. The van der Waals surface area contributed by atoms with Gasteiger partial charge in [0.05, 0.1) is 24.8 Å². The number of anilines is 1. The first-order chi connectivity index (χ1) is 17.9. The van der Waals surface area contributed by atoms with Crippen molar-refractivity contribution in [1.29, 1.82) is 0 Å². The minimum atomic E-state index is -0.484. The highest BCUT2D eigenvalue weighted by molar-refractivity contribution is 6.32. The number of amides is 1. The van der Waals surface area contributed by atoms with Crippen LogP contribution in [0.4, 0.5) is 5.69 Å². The number of hydrogen-bond acceptors (Lipinski definition) is 6. The Morgan fingerprint density at radius 3 is 2.84 bits per heavy atom. The van der Waals surface area contributed by atoms with Gasteiger partial charge in [0.15, 0.2) is 11.5 Å². The highest BCUT2D eigenvalue weighted by Gasteiger charge is 2.32. The van der Waals surface area contributed by atoms with Crippen LogP contribution in [0.3, 0.4) is 0 Å². The molecule has 0 bridgehead atoms. The summed E-state index contributed by atoms with van der Waals surface area (Å²) in [5, 5.41) is 0.521. The Kier molecular flexibility index (Phi) is 8.12. The van der Waals surface area contributed by atoms with Crippen LogP contribution in [0.15, 0.2) is 30.3 Å². The summed E-state index contributed by atoms with van der Waals surface area (Å²) in [5.41, 5.74) is 5.05. The van der Waals surface area contributed by atoms with Gasteiger partial charge in [-0.1, -0.05) is 37.6 Å². The quantitative estimate of drug-likeness (QED) is 0.532. The van der Waals surface area contributed by atoms with Gasteiger partial charge in [-0.2, -0.15) is 0 Å². The molecule has 2 aromatic carbocycles. The van der Waals surface area contributed by atoms with Crippen LogP contribution in [-0.2, 0) is 29.0 Å². The first-order valence-electron chi connectivity index (χ1n) is 13.4. The van der Waals surface area contributed by atoms with Gasteiger partial charge in [0.1, 0.15) is 6.10 Å². The molecule has 0 spiro atoms. The molecule has 0 aliphatic carbocycles. The lowest BCUT2D eigenvalue weighted by atomic mass is 10.0. The molecule has 0 radical (unpaired) electrons. The molecule has 3 aliphatic rings. The molecule has 1 unspecified atom stereocenters. The Balaban J connectivity index is 1.29. The highest BCUT2D eigenvalue weighted by Crippen LogP contribution is 2.38. The number of likely N-dealkylation sites (N-methyl/N-ethyl adjacent to an activating group) is 1. The van der Waals surface area contributed by atoms with Crippen LogP contribution >= 0.6 is 11.6 Å². The van der Waals surface area contributed by atoms with E-state index in [1.807, 2.05) is 17.0 Å². The number of nitrogens with zero attached hydrogens (tertiary/aromatic N) is 3. The lowest BCUT2D eigenvalue weighted by Gasteiger charge is -2.36. The summed E-state index contributed by atoms with van der Waals surface area (Å²) in [6, 6.07) is 10.4. The smallest absolute Gasteiger partial charge is 0.253 e. The van der Waals surface area contributed by atoms with Crippen molar-refractivity contribution < 1.29 is 19.0 Å². The van der Waals surface area contributed by atoms with E-state index in [1.165, 1.54) is 16.8 Å². The number of benzene rings is 2. The second-order valence-electron chi connectivity index (χ2n) is 10.7. The molecule has 8 heteroatoms. The van der Waals surface area contributed by atoms with E-state index in [2.05, 4.69) is 48.9 Å². The molecule has 1 atom stereocenters. The van der Waals surface area contributed by atoms with Crippen molar-refractivity contribution in [2.45, 2.75) is 45.9 Å². The van der Waals surface area contributed by atoms with Gasteiger partial charge < -0.3 is 24.0 Å². The SMILES string of the molecule is CC(C)CN(Cc1cc(Cl)c2c(c1)OCCCO2)C(=O)C1CN(Cc2cccc3c2CCN3C)CCO1. The number of rotatable bonds is 7. The molecule has 2 aromatic rings. The van der Waals surface area contributed by atoms with E-state index in [0.29, 0.717) is 61.9 Å². The van der Waals surface area contributed by atoms with Crippen molar-refractivity contribution in [3.05, 3.63) is 52.0 Å². The maximum absolute atomic E-state index is 13.8. The van der Waals surface area contributed by atoms with Gasteiger partial charge in [-0.05, 0) is 47.2 Å². The van der Waals surface area contributed by atoms with Crippen molar-refractivity contribution in [2.75, 3.05) is 57.9 Å². The minimum Gasteiger partial charge on any atom is -0.489 e. The number of carbonyl (C=O) groups excluding carboxylic acids is 1. The first kappa shape index (κ1) is 26.1. The van der Waals surface area contributed by atoms with Crippen molar-refractivity contribution in [3.8, 4) is 11.5 Å². The van der Waals surface area contributed by atoms with Gasteiger partial charge >= 0.3 is 0 Å². The van der Waals surface area contributed by atoms with E-state index < -0.39 is 6.10 Å². The molecule has 1 amide bonds. The minimum absolute atomic E-state index is 0.0275. The van der Waals surface area contributed by atoms with Crippen molar-refractivity contribution in [2.24, 2.45) is 5.92 Å². The third-order valence-electron chi connectivity index (χ3n) is 7.31. The fourth-order valence-corrected chi connectivity index (χ4v) is 5.81. The van der Waals surface area contributed by atoms with Crippen LogP contribution in [0.5, 0.6) is 11.5 Å². The molecule has 37 heavy (non-hydrogen) atoms. The Morgan fingerprint density at radius 2 is 2.00 bits per heavy atom. The molecule has 1 fully saturated rings. The Hall–Kier alpha value is -2.48. The zero-order valence-electron chi connectivity index (χ0n) is 22.2. The van der Waals surface area contributed by atoms with Crippen molar-refractivity contribution >= 4 is 23.2 Å². The summed E-state index contributed by atoms with van der Waals surface area (Å²) in [7, 11) is 2.15. The highest BCUT2D eigenvalue weighted by atomic mass is 35.5. The summed E-state index contributed by atoms with van der Waals surface area (Å²) >= 11 is 6.54. The Bertz CT molecular complexity index is 1120. The first-order valence-corrected chi connectivity index (χ1v) is 13.8. The van der Waals surface area contributed by atoms with E-state index in [4.69, 9.17) is 25.8 Å². The topological polar surface area (TPSA) is 54.5 Å². The monoisotopic (exact) mass is 527 g/mol. The van der Waals surface area contributed by atoms with Crippen molar-refractivity contribution in [1.82, 2.24) is 9.80 Å². The summed E-state index contributed by atoms with van der Waals surface area (Å²) in [6.45, 7) is 10.4. The molecule has 3 heterocycles. The number of hydrogen-bond donors (Lipinski definition) is 0. The van der Waals surface area contributed by atoms with E-state index in [1.54, 1.807) is 0 Å². The molecular weight excluding hydrogens is 490 g/mol. The Labute approximate surface area is 225 Å². The molecular formula is C29H38ClN3O4. The lowest BCUT2D eigenvalue weighted by molar-refractivity contribution is -0.151. The largest absolute Gasteiger partial charge is 0.489 e. The lowest BCUT2D eigenvalue weighted by Crippen LogP contribution is -2.51. The van der Waals surface area contributed by atoms with Crippen LogP contribution in [0.1, 0.15) is 37.0 Å². The normalized spacial score (nSPS) is 19.6. The molecule has 1 saturated heterocycles. The second-order valence-corrected chi connectivity index (χ2v) is 11.2. The van der Waals surface area contributed by atoms with E-state index >= 15 is 0 Å². The fourth-order valence-electron chi connectivity index (χ4n) is 5.52. The summed E-state index contributed by atoms with van der Waals surface area (Å²) in [4.78, 5) is 20.4. The summed E-state index contributed by atoms with van der Waals surface area (Å²) in [6.07, 6.45) is 1.41. The van der Waals surface area contributed by atoms with Gasteiger partial charge in [-0.3, -0.25) is 9.69 Å². The zero-order chi connectivity index (χ0) is 25.9. The van der Waals surface area contributed by atoms with Crippen LogP contribution in [0.25, 0.3) is 0 Å². The van der Waals surface area contributed by atoms with Gasteiger partial charge in [-0.15, -0.1) is 0 Å². The fraction of sp³-hybridized carbons (Fsp3) is 0.552. The number of fused-ring (bicyclic) bond motifs is 2. The van der Waals surface area contributed by atoms with Crippen LogP contribution in [-0.4, -0.2) is 74.9 Å². The van der Waals surface area contributed by atoms with Gasteiger partial charge in [-0.25, -0.2) is 0 Å². The maximum atomic E-state index is 13.8. The van der Waals surface area contributed by atoms with E-state index in [0.717, 1.165) is 38.0 Å². The van der Waals surface area contributed by atoms with Crippen molar-refractivity contribution in [3.63, 3.8) is 0 Å². The zero-order valence-corrected chi connectivity index (χ0v) is 22.9. The standard InChI is InChI=1S/C29H38ClN3O4/c1-20(2)16-33(17-21-14-24(30)28-26(15-21)35-11-5-12-37-28)29(34)27-19-32(10-13-36-27)18-22-6-4-7-25-23(22)8-9-31(25)3/h4,6-7,14-15,20,27H,5,8-13,16-19H2,1-3H3. The second kappa shape index (κ2) is 11.5. The van der Waals surface area contributed by atoms with E-state index in [9.17, 15) is 4.79 Å². The molecule has 5 rings (SSSR count). The number of halogens is 1. The maximum Gasteiger partial charge on any atom is 0.253 e. The summed E-state index contributed by atoms with van der Waals surface area (Å²) < 4.78 is 17.7. The summed E-state index contributed by atoms with van der Waals surface area (Å²) in [5.74, 6) is 1.59. The third kappa shape index (κ3) is 6.00. The molecule has 0 saturated carbocycles. The van der Waals surface area contributed by atoms with Gasteiger partial charge in [0.25, 0.3) is 5.91 Å². The van der Waals surface area contributed by atoms with Crippen LogP contribution in [0.2, 0.25) is 5.02 Å². The molecule has 200 valence electrons. The van der Waals surface area contributed by atoms with Gasteiger partial charge in [0.2, 0.25) is 0 Å². The number of morpholine rings is 1. The average molecular weight is 528 g/mol.